The minimum Gasteiger partial charge on any atom is -0.508 e. The van der Waals surface area contributed by atoms with Gasteiger partial charge in [-0.05, 0) is 46.9 Å². The molecule has 0 spiro atoms. The third-order valence-electron chi connectivity index (χ3n) is 3.54. The van der Waals surface area contributed by atoms with Crippen LogP contribution in [0.4, 0.5) is 0 Å². The van der Waals surface area contributed by atoms with Gasteiger partial charge in [0.05, 0.1) is 0 Å². The van der Waals surface area contributed by atoms with Gasteiger partial charge in [-0.3, -0.25) is 0 Å². The molecule has 1 N–H and O–H groups in total. The van der Waals surface area contributed by atoms with Crippen molar-refractivity contribution in [3.63, 3.8) is 0 Å². The van der Waals surface area contributed by atoms with E-state index >= 15 is 0 Å². The van der Waals surface area contributed by atoms with Gasteiger partial charge in [0.2, 0.25) is 0 Å². The van der Waals surface area contributed by atoms with Crippen LogP contribution in [0.1, 0.15) is 16.7 Å². The first kappa shape index (κ1) is 11.8. The Bertz CT molecular complexity index is 723. The molecule has 0 aromatic heterocycles. The van der Waals surface area contributed by atoms with Crippen molar-refractivity contribution in [2.75, 3.05) is 0 Å². The summed E-state index contributed by atoms with van der Waals surface area (Å²) in [6.45, 7) is 1.93. The van der Waals surface area contributed by atoms with Crippen LogP contribution in [-0.4, -0.2) is 5.11 Å². The molecule has 0 fully saturated rings. The number of hydrogen-bond acceptors (Lipinski definition) is 1. The van der Waals surface area contributed by atoms with Crippen molar-refractivity contribution < 1.29 is 5.11 Å². The molecule has 1 heteroatoms. The number of phenolic OH excluding ortho intramolecular Hbond substituents is 1. The van der Waals surface area contributed by atoms with Gasteiger partial charge in [0.1, 0.15) is 5.75 Å². The normalized spacial score (nSPS) is 10.8. The lowest BCUT2D eigenvalue weighted by Crippen LogP contribution is -1.90. The van der Waals surface area contributed by atoms with E-state index < -0.39 is 0 Å². The average Bonchev–Trinajstić information content (AvgIpc) is 2.43. The molecule has 0 aliphatic heterocycles. The predicted molar refractivity (Wildman–Crippen MR) is 79.6 cm³/mol. The smallest absolute Gasteiger partial charge is 0.118 e. The van der Waals surface area contributed by atoms with Crippen molar-refractivity contribution in [3.8, 4) is 5.75 Å². The van der Waals surface area contributed by atoms with E-state index in [1.807, 2.05) is 13.0 Å². The Morgan fingerprint density at radius 1 is 0.895 bits per heavy atom. The Morgan fingerprint density at radius 3 is 2.53 bits per heavy atom. The van der Waals surface area contributed by atoms with E-state index in [0.717, 1.165) is 12.0 Å². The predicted octanol–water partition coefficient (Wildman–Crippen LogP) is 4.44. The van der Waals surface area contributed by atoms with Crippen molar-refractivity contribution in [2.45, 2.75) is 13.3 Å². The van der Waals surface area contributed by atoms with E-state index in [1.165, 1.54) is 21.9 Å². The lowest BCUT2D eigenvalue weighted by molar-refractivity contribution is 0.471. The van der Waals surface area contributed by atoms with Crippen LogP contribution in [0.2, 0.25) is 0 Å². The number of benzene rings is 3. The first-order valence-electron chi connectivity index (χ1n) is 6.49. The van der Waals surface area contributed by atoms with Crippen molar-refractivity contribution in [1.29, 1.82) is 0 Å². The van der Waals surface area contributed by atoms with Crippen LogP contribution in [0, 0.1) is 6.92 Å². The SMILES string of the molecule is Cc1cc(Cc2cccc3ccccc23)ccc1O. The van der Waals surface area contributed by atoms with Gasteiger partial charge in [-0.1, -0.05) is 54.6 Å². The van der Waals surface area contributed by atoms with E-state index in [1.54, 1.807) is 6.07 Å². The van der Waals surface area contributed by atoms with Crippen LogP contribution in [0.15, 0.2) is 60.7 Å². The Labute approximate surface area is 113 Å². The molecule has 0 aliphatic rings. The van der Waals surface area contributed by atoms with Gasteiger partial charge in [0.15, 0.2) is 0 Å². The second-order valence-electron chi connectivity index (χ2n) is 4.94. The Morgan fingerprint density at radius 2 is 1.68 bits per heavy atom. The standard InChI is InChI=1S/C18H16O/c1-13-11-14(9-10-18(13)19)12-16-7-4-6-15-5-2-3-8-17(15)16/h2-11,19H,12H2,1H3. The van der Waals surface area contributed by atoms with Crippen LogP contribution in [-0.2, 0) is 6.42 Å². The Hall–Kier alpha value is -2.28. The summed E-state index contributed by atoms with van der Waals surface area (Å²) < 4.78 is 0. The fraction of sp³-hybridized carbons (Fsp3) is 0.111. The van der Waals surface area contributed by atoms with Crippen molar-refractivity contribution >= 4 is 10.8 Å². The number of rotatable bonds is 2. The van der Waals surface area contributed by atoms with Gasteiger partial charge in [0.25, 0.3) is 0 Å². The van der Waals surface area contributed by atoms with Gasteiger partial charge < -0.3 is 5.11 Å². The molecular formula is C18H16O. The average molecular weight is 248 g/mol. The summed E-state index contributed by atoms with van der Waals surface area (Å²) in [6.07, 6.45) is 0.891. The fourth-order valence-corrected chi connectivity index (χ4v) is 2.49. The first-order valence-corrected chi connectivity index (χ1v) is 6.49. The number of phenols is 1. The molecule has 0 bridgehead atoms. The summed E-state index contributed by atoms with van der Waals surface area (Å²) in [6, 6.07) is 20.7. The number of aromatic hydroxyl groups is 1. The molecule has 0 saturated heterocycles. The third-order valence-corrected chi connectivity index (χ3v) is 3.54. The van der Waals surface area contributed by atoms with Crippen LogP contribution < -0.4 is 0 Å². The molecule has 0 radical (unpaired) electrons. The van der Waals surface area contributed by atoms with Crippen LogP contribution >= 0.6 is 0 Å². The highest BCUT2D eigenvalue weighted by Crippen LogP contribution is 2.23. The molecular weight excluding hydrogens is 232 g/mol. The largest absolute Gasteiger partial charge is 0.508 e. The van der Waals surface area contributed by atoms with Crippen LogP contribution in [0.5, 0.6) is 5.75 Å². The topological polar surface area (TPSA) is 20.2 Å². The van der Waals surface area contributed by atoms with Gasteiger partial charge in [-0.15, -0.1) is 0 Å². The number of fused-ring (bicyclic) bond motifs is 1. The maximum absolute atomic E-state index is 9.58. The summed E-state index contributed by atoms with van der Waals surface area (Å²) in [7, 11) is 0. The summed E-state index contributed by atoms with van der Waals surface area (Å²) >= 11 is 0. The minimum absolute atomic E-state index is 0.363. The molecule has 3 rings (SSSR count). The van der Waals surface area contributed by atoms with Crippen LogP contribution in [0.25, 0.3) is 10.8 Å². The highest BCUT2D eigenvalue weighted by atomic mass is 16.3. The van der Waals surface area contributed by atoms with Crippen molar-refractivity contribution in [3.05, 3.63) is 77.4 Å². The zero-order chi connectivity index (χ0) is 13.2. The lowest BCUT2D eigenvalue weighted by atomic mass is 9.97. The van der Waals surface area contributed by atoms with E-state index in [4.69, 9.17) is 0 Å². The minimum atomic E-state index is 0.363. The summed E-state index contributed by atoms with van der Waals surface area (Å²) in [5.41, 5.74) is 3.48. The quantitative estimate of drug-likeness (QED) is 0.710. The van der Waals surface area contributed by atoms with Gasteiger partial charge in [-0.25, -0.2) is 0 Å². The van der Waals surface area contributed by atoms with Gasteiger partial charge in [0, 0.05) is 0 Å². The molecule has 0 amide bonds. The molecule has 0 saturated carbocycles. The second kappa shape index (κ2) is 4.77. The summed E-state index contributed by atoms with van der Waals surface area (Å²) in [4.78, 5) is 0. The summed E-state index contributed by atoms with van der Waals surface area (Å²) in [5, 5.41) is 12.2. The van der Waals surface area contributed by atoms with Crippen molar-refractivity contribution in [1.82, 2.24) is 0 Å². The molecule has 0 heterocycles. The first-order chi connectivity index (χ1) is 9.24. The molecule has 1 nitrogen and oxygen atoms in total. The van der Waals surface area contributed by atoms with E-state index in [0.29, 0.717) is 5.75 Å². The van der Waals surface area contributed by atoms with Gasteiger partial charge in [-0.2, -0.15) is 0 Å². The maximum atomic E-state index is 9.58. The zero-order valence-corrected chi connectivity index (χ0v) is 10.9. The Kier molecular flexibility index (Phi) is 2.96. The molecule has 0 aliphatic carbocycles. The molecule has 94 valence electrons. The Balaban J connectivity index is 2.03. The summed E-state index contributed by atoms with van der Waals surface area (Å²) in [5.74, 6) is 0.363. The monoisotopic (exact) mass is 248 g/mol. The molecule has 3 aromatic rings. The lowest BCUT2D eigenvalue weighted by Gasteiger charge is -2.08. The molecule has 19 heavy (non-hydrogen) atoms. The van der Waals surface area contributed by atoms with Gasteiger partial charge >= 0.3 is 0 Å². The fourth-order valence-electron chi connectivity index (χ4n) is 2.49. The van der Waals surface area contributed by atoms with E-state index in [2.05, 4.69) is 48.5 Å². The maximum Gasteiger partial charge on any atom is 0.118 e. The highest BCUT2D eigenvalue weighted by molar-refractivity contribution is 5.85. The van der Waals surface area contributed by atoms with E-state index in [-0.39, 0.29) is 0 Å². The second-order valence-corrected chi connectivity index (χ2v) is 4.94. The van der Waals surface area contributed by atoms with Crippen molar-refractivity contribution in [2.24, 2.45) is 0 Å². The zero-order valence-electron chi connectivity index (χ0n) is 10.9. The molecule has 0 atom stereocenters. The van der Waals surface area contributed by atoms with Crippen LogP contribution in [0.3, 0.4) is 0 Å². The molecule has 3 aromatic carbocycles. The van der Waals surface area contributed by atoms with E-state index in [9.17, 15) is 5.11 Å². The number of aryl methyl sites for hydroxylation is 1. The number of hydrogen-bond donors (Lipinski definition) is 1. The molecule has 0 unspecified atom stereocenters. The highest BCUT2D eigenvalue weighted by Gasteiger charge is 2.03. The third kappa shape index (κ3) is 2.32.